The molecule has 0 spiro atoms. The van der Waals surface area contributed by atoms with Crippen LogP contribution in [-0.2, 0) is 7.05 Å². The monoisotopic (exact) mass is 424 g/mol. The minimum absolute atomic E-state index is 0.287. The molecule has 0 aliphatic rings. The highest BCUT2D eigenvalue weighted by Crippen LogP contribution is 2.31. The van der Waals surface area contributed by atoms with Crippen molar-refractivity contribution in [2.75, 3.05) is 5.32 Å². The summed E-state index contributed by atoms with van der Waals surface area (Å²) in [5.41, 5.74) is 2.91. The standard InChI is InChI=1S/C25H20N4O3/c1-16-23-18(15-20(21-13-8-14-31-21)26-24(23)29(2)28-16)25(30)27-19-11-6-7-12-22(19)32-17-9-4-3-5-10-17/h3-15H,1-2H3,(H,27,30). The average molecular weight is 424 g/mol. The van der Waals surface area contributed by atoms with Gasteiger partial charge in [-0.25, -0.2) is 4.98 Å². The maximum absolute atomic E-state index is 13.5. The van der Waals surface area contributed by atoms with Gasteiger partial charge in [-0.3, -0.25) is 9.48 Å². The lowest BCUT2D eigenvalue weighted by Crippen LogP contribution is -2.14. The van der Waals surface area contributed by atoms with Crippen molar-refractivity contribution in [1.29, 1.82) is 0 Å². The lowest BCUT2D eigenvalue weighted by atomic mass is 10.1. The minimum atomic E-state index is -0.287. The molecule has 0 bridgehead atoms. The number of nitrogens with one attached hydrogen (secondary N) is 1. The topological polar surface area (TPSA) is 82.2 Å². The van der Waals surface area contributed by atoms with Gasteiger partial charge in [0.2, 0.25) is 0 Å². The number of hydrogen-bond donors (Lipinski definition) is 1. The summed E-state index contributed by atoms with van der Waals surface area (Å²) in [5.74, 6) is 1.52. The highest BCUT2D eigenvalue weighted by molar-refractivity contribution is 6.13. The summed E-state index contributed by atoms with van der Waals surface area (Å²) in [4.78, 5) is 18.1. The molecule has 0 fully saturated rings. The summed E-state index contributed by atoms with van der Waals surface area (Å²) >= 11 is 0. The molecule has 0 aliphatic carbocycles. The van der Waals surface area contributed by atoms with E-state index < -0.39 is 0 Å². The Morgan fingerprint density at radius 1 is 1.03 bits per heavy atom. The van der Waals surface area contributed by atoms with Crippen molar-refractivity contribution in [2.45, 2.75) is 6.92 Å². The minimum Gasteiger partial charge on any atom is -0.463 e. The van der Waals surface area contributed by atoms with Gasteiger partial charge in [0.25, 0.3) is 5.91 Å². The molecule has 0 radical (unpaired) electrons. The van der Waals surface area contributed by atoms with E-state index in [1.807, 2.05) is 61.5 Å². The molecule has 5 rings (SSSR count). The zero-order valence-corrected chi connectivity index (χ0v) is 17.6. The van der Waals surface area contributed by atoms with Crippen LogP contribution in [0.2, 0.25) is 0 Å². The molecule has 7 nitrogen and oxygen atoms in total. The van der Waals surface area contributed by atoms with Crippen LogP contribution in [0.15, 0.2) is 83.5 Å². The quantitative estimate of drug-likeness (QED) is 0.398. The van der Waals surface area contributed by atoms with Crippen molar-refractivity contribution in [3.05, 3.63) is 90.3 Å². The van der Waals surface area contributed by atoms with Crippen molar-refractivity contribution in [3.63, 3.8) is 0 Å². The number of anilines is 1. The van der Waals surface area contributed by atoms with Gasteiger partial charge in [-0.05, 0) is 49.4 Å². The second-order valence-electron chi connectivity index (χ2n) is 7.31. The number of aryl methyl sites for hydroxylation is 2. The van der Waals surface area contributed by atoms with E-state index in [1.165, 1.54) is 0 Å². The second-order valence-corrected chi connectivity index (χ2v) is 7.31. The van der Waals surface area contributed by atoms with Crippen molar-refractivity contribution in [2.24, 2.45) is 7.05 Å². The SMILES string of the molecule is Cc1nn(C)c2nc(-c3ccco3)cc(C(=O)Nc3ccccc3Oc3ccccc3)c12. The number of pyridine rings is 1. The summed E-state index contributed by atoms with van der Waals surface area (Å²) in [6.07, 6.45) is 1.58. The summed E-state index contributed by atoms with van der Waals surface area (Å²) in [5, 5.41) is 8.14. The maximum Gasteiger partial charge on any atom is 0.256 e. The van der Waals surface area contributed by atoms with E-state index in [4.69, 9.17) is 9.15 Å². The third-order valence-corrected chi connectivity index (χ3v) is 5.09. The fraction of sp³-hybridized carbons (Fsp3) is 0.0800. The van der Waals surface area contributed by atoms with E-state index in [1.54, 1.807) is 36.2 Å². The van der Waals surface area contributed by atoms with Gasteiger partial charge in [0.15, 0.2) is 17.2 Å². The Hall–Kier alpha value is -4.39. The largest absolute Gasteiger partial charge is 0.463 e. The van der Waals surface area contributed by atoms with E-state index in [0.717, 1.165) is 5.69 Å². The van der Waals surface area contributed by atoms with E-state index in [0.29, 0.717) is 45.2 Å². The first kappa shape index (κ1) is 19.6. The summed E-state index contributed by atoms with van der Waals surface area (Å²) in [6.45, 7) is 1.86. The first-order chi connectivity index (χ1) is 15.6. The van der Waals surface area contributed by atoms with Crippen LogP contribution in [0, 0.1) is 6.92 Å². The molecule has 0 aliphatic heterocycles. The lowest BCUT2D eigenvalue weighted by molar-refractivity contribution is 0.102. The molecule has 0 atom stereocenters. The molecular weight excluding hydrogens is 404 g/mol. The second kappa shape index (κ2) is 8.03. The highest BCUT2D eigenvalue weighted by Gasteiger charge is 2.21. The molecule has 3 aromatic heterocycles. The number of rotatable bonds is 5. The number of nitrogens with zero attached hydrogens (tertiary/aromatic N) is 3. The Balaban J connectivity index is 1.55. The van der Waals surface area contributed by atoms with Crippen LogP contribution in [0.5, 0.6) is 11.5 Å². The van der Waals surface area contributed by atoms with Gasteiger partial charge in [-0.2, -0.15) is 5.10 Å². The van der Waals surface area contributed by atoms with Crippen LogP contribution in [0.25, 0.3) is 22.5 Å². The van der Waals surface area contributed by atoms with Crippen molar-refractivity contribution in [3.8, 4) is 23.0 Å². The number of para-hydroxylation sites is 3. The number of carbonyl (C=O) groups is 1. The molecule has 7 heteroatoms. The molecule has 5 aromatic rings. The zero-order chi connectivity index (χ0) is 22.1. The van der Waals surface area contributed by atoms with Crippen LogP contribution in [0.3, 0.4) is 0 Å². The number of amides is 1. The zero-order valence-electron chi connectivity index (χ0n) is 17.6. The van der Waals surface area contributed by atoms with Crippen molar-refractivity contribution in [1.82, 2.24) is 14.8 Å². The Bertz CT molecular complexity index is 1410. The number of fused-ring (bicyclic) bond motifs is 1. The molecular formula is C25H20N4O3. The highest BCUT2D eigenvalue weighted by atomic mass is 16.5. The Morgan fingerprint density at radius 3 is 2.59 bits per heavy atom. The molecule has 1 N–H and O–H groups in total. The Kier molecular flexibility index (Phi) is 4.91. The average Bonchev–Trinajstić information content (AvgIpc) is 3.44. The summed E-state index contributed by atoms with van der Waals surface area (Å²) < 4.78 is 13.2. The Morgan fingerprint density at radius 2 is 1.81 bits per heavy atom. The van der Waals surface area contributed by atoms with E-state index in [-0.39, 0.29) is 5.91 Å². The maximum atomic E-state index is 13.5. The number of hydrogen-bond acceptors (Lipinski definition) is 5. The molecule has 2 aromatic carbocycles. The number of furan rings is 1. The molecule has 3 heterocycles. The molecule has 0 unspecified atom stereocenters. The third kappa shape index (κ3) is 3.60. The third-order valence-electron chi connectivity index (χ3n) is 5.09. The van der Waals surface area contributed by atoms with Crippen LogP contribution < -0.4 is 10.1 Å². The van der Waals surface area contributed by atoms with Gasteiger partial charge in [0, 0.05) is 7.05 Å². The van der Waals surface area contributed by atoms with Crippen LogP contribution in [0.4, 0.5) is 5.69 Å². The summed E-state index contributed by atoms with van der Waals surface area (Å²) in [7, 11) is 1.80. The molecule has 158 valence electrons. The number of aromatic nitrogens is 3. The van der Waals surface area contributed by atoms with E-state index >= 15 is 0 Å². The summed E-state index contributed by atoms with van der Waals surface area (Å²) in [6, 6.07) is 22.1. The molecule has 0 saturated carbocycles. The van der Waals surface area contributed by atoms with E-state index in [2.05, 4.69) is 15.4 Å². The normalized spacial score (nSPS) is 10.9. The molecule has 1 amide bonds. The molecule has 0 saturated heterocycles. The number of benzene rings is 2. The predicted molar refractivity (Wildman–Crippen MR) is 122 cm³/mol. The van der Waals surface area contributed by atoms with Gasteiger partial charge >= 0.3 is 0 Å². The lowest BCUT2D eigenvalue weighted by Gasteiger charge is -2.13. The first-order valence-electron chi connectivity index (χ1n) is 10.1. The number of ether oxygens (including phenoxy) is 1. The van der Waals surface area contributed by atoms with Crippen molar-refractivity contribution < 1.29 is 13.9 Å². The van der Waals surface area contributed by atoms with Gasteiger partial charge in [0.05, 0.1) is 28.6 Å². The molecule has 32 heavy (non-hydrogen) atoms. The van der Waals surface area contributed by atoms with Gasteiger partial charge in [0.1, 0.15) is 11.4 Å². The number of carbonyl (C=O) groups excluding carboxylic acids is 1. The van der Waals surface area contributed by atoms with Crippen molar-refractivity contribution >= 4 is 22.6 Å². The fourth-order valence-corrected chi connectivity index (χ4v) is 3.64. The first-order valence-corrected chi connectivity index (χ1v) is 10.1. The van der Waals surface area contributed by atoms with Gasteiger partial charge in [-0.1, -0.05) is 30.3 Å². The smallest absolute Gasteiger partial charge is 0.256 e. The van der Waals surface area contributed by atoms with Crippen LogP contribution >= 0.6 is 0 Å². The fourth-order valence-electron chi connectivity index (χ4n) is 3.64. The van der Waals surface area contributed by atoms with Crippen LogP contribution in [0.1, 0.15) is 16.1 Å². The van der Waals surface area contributed by atoms with Crippen LogP contribution in [-0.4, -0.2) is 20.7 Å². The Labute approximate surface area is 184 Å². The van der Waals surface area contributed by atoms with Gasteiger partial charge in [-0.15, -0.1) is 0 Å². The predicted octanol–water partition coefficient (Wildman–Crippen LogP) is 5.58. The van der Waals surface area contributed by atoms with Gasteiger partial charge < -0.3 is 14.5 Å². The van der Waals surface area contributed by atoms with E-state index in [9.17, 15) is 4.79 Å².